The van der Waals surface area contributed by atoms with E-state index in [4.69, 9.17) is 4.52 Å². The molecule has 4 aromatic rings. The molecule has 0 amide bonds. The topological polar surface area (TPSA) is 115 Å². The SMILES string of the molecule is Cc1noc(C)c1S(=O)(=O)NCc1nnc2ccc(-c3ccsc3)nn12. The highest BCUT2D eigenvalue weighted by molar-refractivity contribution is 7.89. The van der Waals surface area contributed by atoms with Crippen molar-refractivity contribution < 1.29 is 12.9 Å². The van der Waals surface area contributed by atoms with Gasteiger partial charge in [-0.05, 0) is 37.4 Å². The maximum absolute atomic E-state index is 12.5. The van der Waals surface area contributed by atoms with Crippen LogP contribution in [0.25, 0.3) is 16.9 Å². The Morgan fingerprint density at radius 2 is 2.08 bits per heavy atom. The average Bonchev–Trinajstić information content (AvgIpc) is 3.33. The van der Waals surface area contributed by atoms with Gasteiger partial charge in [0.25, 0.3) is 0 Å². The van der Waals surface area contributed by atoms with Crippen molar-refractivity contribution in [1.82, 2.24) is 29.7 Å². The molecular formula is C15H14N6O3S2. The van der Waals surface area contributed by atoms with Gasteiger partial charge in [0.1, 0.15) is 10.6 Å². The molecule has 0 unspecified atom stereocenters. The van der Waals surface area contributed by atoms with Crippen molar-refractivity contribution in [2.75, 3.05) is 0 Å². The Bertz CT molecular complexity index is 1160. The number of sulfonamides is 1. The largest absolute Gasteiger partial charge is 0.360 e. The summed E-state index contributed by atoms with van der Waals surface area (Å²) in [5, 5.41) is 20.2. The van der Waals surface area contributed by atoms with E-state index in [1.807, 2.05) is 22.9 Å². The van der Waals surface area contributed by atoms with Crippen LogP contribution in [0.3, 0.4) is 0 Å². The van der Waals surface area contributed by atoms with E-state index in [1.165, 1.54) is 4.52 Å². The van der Waals surface area contributed by atoms with Gasteiger partial charge in [0.05, 0.1) is 12.2 Å². The Morgan fingerprint density at radius 3 is 2.77 bits per heavy atom. The Kier molecular flexibility index (Phi) is 4.05. The molecule has 0 aliphatic carbocycles. The van der Waals surface area contributed by atoms with Gasteiger partial charge in [0.15, 0.2) is 17.2 Å². The molecule has 4 aromatic heterocycles. The summed E-state index contributed by atoms with van der Waals surface area (Å²) in [5.74, 6) is 0.617. The van der Waals surface area contributed by atoms with E-state index >= 15 is 0 Å². The summed E-state index contributed by atoms with van der Waals surface area (Å²) in [6.07, 6.45) is 0. The fourth-order valence-electron chi connectivity index (χ4n) is 2.60. The lowest BCUT2D eigenvalue weighted by molar-refractivity contribution is 0.390. The van der Waals surface area contributed by atoms with Crippen LogP contribution in [0.5, 0.6) is 0 Å². The second-order valence-corrected chi connectivity index (χ2v) is 8.08. The van der Waals surface area contributed by atoms with Crippen molar-refractivity contribution in [3.8, 4) is 11.3 Å². The Morgan fingerprint density at radius 1 is 1.23 bits per heavy atom. The smallest absolute Gasteiger partial charge is 0.246 e. The third-order valence-electron chi connectivity index (χ3n) is 3.80. The molecule has 0 saturated heterocycles. The first-order valence-electron chi connectivity index (χ1n) is 7.62. The zero-order valence-corrected chi connectivity index (χ0v) is 15.5. The number of thiophene rings is 1. The molecule has 0 saturated carbocycles. The number of nitrogens with zero attached hydrogens (tertiary/aromatic N) is 5. The molecule has 9 nitrogen and oxygen atoms in total. The maximum Gasteiger partial charge on any atom is 0.246 e. The van der Waals surface area contributed by atoms with E-state index in [9.17, 15) is 8.42 Å². The van der Waals surface area contributed by atoms with Crippen molar-refractivity contribution in [1.29, 1.82) is 0 Å². The van der Waals surface area contributed by atoms with Gasteiger partial charge in [-0.3, -0.25) is 0 Å². The molecule has 0 bridgehead atoms. The van der Waals surface area contributed by atoms with Gasteiger partial charge in [-0.2, -0.15) is 21.0 Å². The van der Waals surface area contributed by atoms with Gasteiger partial charge in [0.2, 0.25) is 10.0 Å². The highest BCUT2D eigenvalue weighted by Crippen LogP contribution is 2.21. The minimum absolute atomic E-state index is 0.0400. The number of aromatic nitrogens is 5. The van der Waals surface area contributed by atoms with Crippen molar-refractivity contribution in [2.24, 2.45) is 0 Å². The van der Waals surface area contributed by atoms with E-state index in [1.54, 1.807) is 31.3 Å². The summed E-state index contributed by atoms with van der Waals surface area (Å²) in [5.41, 5.74) is 2.58. The first-order valence-corrected chi connectivity index (χ1v) is 10.0. The lowest BCUT2D eigenvalue weighted by atomic mass is 10.2. The predicted molar refractivity (Wildman–Crippen MR) is 94.1 cm³/mol. The second-order valence-electron chi connectivity index (χ2n) is 5.59. The Labute approximate surface area is 152 Å². The molecule has 4 rings (SSSR count). The molecule has 1 N–H and O–H groups in total. The molecule has 26 heavy (non-hydrogen) atoms. The molecule has 0 spiro atoms. The first kappa shape index (κ1) is 16.8. The van der Waals surface area contributed by atoms with Crippen LogP contribution >= 0.6 is 11.3 Å². The maximum atomic E-state index is 12.5. The molecular weight excluding hydrogens is 376 g/mol. The summed E-state index contributed by atoms with van der Waals surface area (Å²) >= 11 is 1.57. The van der Waals surface area contributed by atoms with E-state index in [0.717, 1.165) is 11.3 Å². The van der Waals surface area contributed by atoms with Crippen LogP contribution in [0, 0.1) is 13.8 Å². The quantitative estimate of drug-likeness (QED) is 0.553. The van der Waals surface area contributed by atoms with E-state index < -0.39 is 10.0 Å². The molecule has 134 valence electrons. The van der Waals surface area contributed by atoms with Gasteiger partial charge >= 0.3 is 0 Å². The minimum atomic E-state index is -3.79. The van der Waals surface area contributed by atoms with E-state index in [-0.39, 0.29) is 17.2 Å². The second kappa shape index (κ2) is 6.27. The van der Waals surface area contributed by atoms with Crippen molar-refractivity contribution in [3.05, 3.63) is 46.2 Å². The van der Waals surface area contributed by atoms with Gasteiger partial charge in [0, 0.05) is 10.9 Å². The van der Waals surface area contributed by atoms with Crippen LogP contribution < -0.4 is 4.72 Å². The van der Waals surface area contributed by atoms with Crippen molar-refractivity contribution >= 4 is 27.0 Å². The lowest BCUT2D eigenvalue weighted by Gasteiger charge is -2.05. The highest BCUT2D eigenvalue weighted by atomic mass is 32.2. The predicted octanol–water partition coefficient (Wildman–Crippen LogP) is 1.94. The molecule has 0 aliphatic rings. The van der Waals surface area contributed by atoms with Crippen molar-refractivity contribution in [2.45, 2.75) is 25.3 Å². The number of hydrogen-bond donors (Lipinski definition) is 1. The molecule has 0 aliphatic heterocycles. The molecule has 0 aromatic carbocycles. The van der Waals surface area contributed by atoms with Crippen LogP contribution in [-0.4, -0.2) is 33.4 Å². The number of fused-ring (bicyclic) bond motifs is 1. The molecule has 0 fully saturated rings. The zero-order valence-electron chi connectivity index (χ0n) is 13.9. The van der Waals surface area contributed by atoms with E-state index in [0.29, 0.717) is 17.2 Å². The summed E-state index contributed by atoms with van der Waals surface area (Å²) in [6.45, 7) is 3.07. The number of nitrogens with one attached hydrogen (secondary N) is 1. The fourth-order valence-corrected chi connectivity index (χ4v) is 4.55. The van der Waals surface area contributed by atoms with Crippen LogP contribution in [-0.2, 0) is 16.6 Å². The molecule has 11 heteroatoms. The molecule has 0 atom stereocenters. The number of aryl methyl sites for hydroxylation is 2. The van der Waals surface area contributed by atoms with Crippen LogP contribution in [0.2, 0.25) is 0 Å². The van der Waals surface area contributed by atoms with Gasteiger partial charge < -0.3 is 4.52 Å². The minimum Gasteiger partial charge on any atom is -0.360 e. The first-order chi connectivity index (χ1) is 12.5. The molecule has 4 heterocycles. The number of hydrogen-bond acceptors (Lipinski definition) is 8. The molecule has 0 radical (unpaired) electrons. The van der Waals surface area contributed by atoms with Crippen LogP contribution in [0.4, 0.5) is 0 Å². The highest BCUT2D eigenvalue weighted by Gasteiger charge is 2.24. The Hall–Kier alpha value is -2.63. The fraction of sp³-hybridized carbons (Fsp3) is 0.200. The standard InChI is InChI=1S/C15H14N6O3S2/c1-9-15(10(2)24-20-9)26(22,23)16-7-14-18-17-13-4-3-12(19-21(13)14)11-5-6-25-8-11/h3-6,8,16H,7H2,1-2H3. The van der Waals surface area contributed by atoms with Crippen LogP contribution in [0.15, 0.2) is 38.4 Å². The summed E-state index contributed by atoms with van der Waals surface area (Å²) in [4.78, 5) is 0.0400. The Balaban J connectivity index is 1.64. The monoisotopic (exact) mass is 390 g/mol. The van der Waals surface area contributed by atoms with Crippen molar-refractivity contribution in [3.63, 3.8) is 0 Å². The van der Waals surface area contributed by atoms with E-state index in [2.05, 4.69) is 25.2 Å². The van der Waals surface area contributed by atoms with Crippen LogP contribution in [0.1, 0.15) is 17.3 Å². The summed E-state index contributed by atoms with van der Waals surface area (Å²) in [7, 11) is -3.79. The summed E-state index contributed by atoms with van der Waals surface area (Å²) < 4.78 is 34.0. The summed E-state index contributed by atoms with van der Waals surface area (Å²) in [6, 6.07) is 5.60. The van der Waals surface area contributed by atoms with Gasteiger partial charge in [-0.15, -0.1) is 10.2 Å². The van der Waals surface area contributed by atoms with Gasteiger partial charge in [-0.1, -0.05) is 5.16 Å². The number of rotatable bonds is 5. The third-order valence-corrected chi connectivity index (χ3v) is 6.13. The van der Waals surface area contributed by atoms with Gasteiger partial charge in [-0.25, -0.2) is 13.1 Å². The normalized spacial score (nSPS) is 12.1. The lowest BCUT2D eigenvalue weighted by Crippen LogP contribution is -2.25. The average molecular weight is 390 g/mol. The third kappa shape index (κ3) is 2.89. The zero-order chi connectivity index (χ0) is 18.3.